The summed E-state index contributed by atoms with van der Waals surface area (Å²) in [4.78, 5) is 11.8. The molecule has 16 heavy (non-hydrogen) atoms. The molecule has 2 nitrogen and oxygen atoms in total. The van der Waals surface area contributed by atoms with E-state index in [0.717, 1.165) is 51.4 Å². The maximum Gasteiger partial charge on any atom is 0.136 e. The fraction of sp³-hybridized carbons (Fsp3) is 0.929. The van der Waals surface area contributed by atoms with E-state index in [1.165, 1.54) is 6.42 Å². The summed E-state index contributed by atoms with van der Waals surface area (Å²) in [7, 11) is 0. The minimum absolute atomic E-state index is 0.145. The van der Waals surface area contributed by atoms with Crippen LogP contribution in [0.4, 0.5) is 0 Å². The molecule has 0 heterocycles. The van der Waals surface area contributed by atoms with Gasteiger partial charge < -0.3 is 5.11 Å². The monoisotopic (exact) mass is 224 g/mol. The second-order valence-corrected chi connectivity index (χ2v) is 6.03. The fourth-order valence-corrected chi connectivity index (χ4v) is 3.40. The topological polar surface area (TPSA) is 37.3 Å². The Kier molecular flexibility index (Phi) is 3.68. The van der Waals surface area contributed by atoms with Crippen LogP contribution in [0.5, 0.6) is 0 Å². The van der Waals surface area contributed by atoms with Gasteiger partial charge in [0.1, 0.15) is 5.78 Å². The highest BCUT2D eigenvalue weighted by Gasteiger charge is 2.36. The van der Waals surface area contributed by atoms with Crippen molar-refractivity contribution in [3.8, 4) is 0 Å². The largest absolute Gasteiger partial charge is 0.390 e. The Hall–Kier alpha value is -0.370. The van der Waals surface area contributed by atoms with E-state index in [0.29, 0.717) is 11.7 Å². The first-order valence-electron chi connectivity index (χ1n) is 6.84. The molecule has 0 amide bonds. The van der Waals surface area contributed by atoms with Crippen molar-refractivity contribution in [2.24, 2.45) is 11.8 Å². The van der Waals surface area contributed by atoms with Gasteiger partial charge >= 0.3 is 0 Å². The van der Waals surface area contributed by atoms with Gasteiger partial charge in [-0.05, 0) is 38.0 Å². The van der Waals surface area contributed by atoms with E-state index in [1.807, 2.05) is 0 Å². The van der Waals surface area contributed by atoms with Crippen molar-refractivity contribution in [3.05, 3.63) is 0 Å². The Labute approximate surface area is 98.4 Å². The Balaban J connectivity index is 1.93. The van der Waals surface area contributed by atoms with Crippen LogP contribution in [-0.2, 0) is 4.79 Å². The molecule has 2 unspecified atom stereocenters. The first-order valence-corrected chi connectivity index (χ1v) is 6.84. The van der Waals surface area contributed by atoms with Gasteiger partial charge in [-0.2, -0.15) is 0 Å². The summed E-state index contributed by atoms with van der Waals surface area (Å²) in [5.41, 5.74) is -0.518. The fourth-order valence-electron chi connectivity index (χ4n) is 3.40. The molecule has 2 aliphatic carbocycles. The van der Waals surface area contributed by atoms with Crippen molar-refractivity contribution in [3.63, 3.8) is 0 Å². The lowest BCUT2D eigenvalue weighted by Gasteiger charge is -2.37. The highest BCUT2D eigenvalue weighted by atomic mass is 16.3. The molecule has 0 radical (unpaired) electrons. The number of ketones is 1. The summed E-state index contributed by atoms with van der Waals surface area (Å²) in [6.07, 6.45) is 8.85. The van der Waals surface area contributed by atoms with Crippen molar-refractivity contribution in [1.29, 1.82) is 0 Å². The quantitative estimate of drug-likeness (QED) is 0.782. The van der Waals surface area contributed by atoms with Crippen LogP contribution in [-0.4, -0.2) is 16.5 Å². The van der Waals surface area contributed by atoms with Crippen LogP contribution >= 0.6 is 0 Å². The van der Waals surface area contributed by atoms with Gasteiger partial charge in [0.15, 0.2) is 0 Å². The van der Waals surface area contributed by atoms with Crippen LogP contribution in [0, 0.1) is 11.8 Å². The molecule has 0 aromatic rings. The molecule has 2 fully saturated rings. The second kappa shape index (κ2) is 4.87. The molecule has 2 aliphatic rings. The van der Waals surface area contributed by atoms with Crippen LogP contribution in [0.1, 0.15) is 64.7 Å². The van der Waals surface area contributed by atoms with Gasteiger partial charge in [-0.3, -0.25) is 4.79 Å². The third kappa shape index (κ3) is 2.85. The van der Waals surface area contributed by atoms with E-state index < -0.39 is 5.60 Å². The summed E-state index contributed by atoms with van der Waals surface area (Å²) in [6.45, 7) is 2.23. The first-order chi connectivity index (χ1) is 7.59. The molecular formula is C14H24O2. The molecule has 0 aromatic carbocycles. The molecule has 0 saturated heterocycles. The maximum atomic E-state index is 11.8. The molecule has 0 spiro atoms. The standard InChI is InChI=1S/C14H24O2/c1-11-5-6-13(15)12(9-11)10-14(16)7-3-2-4-8-14/h11-12,16H,2-10H2,1H3. The molecule has 0 aliphatic heterocycles. The summed E-state index contributed by atoms with van der Waals surface area (Å²) < 4.78 is 0. The SMILES string of the molecule is CC1CCC(=O)C(CC2(O)CCCCC2)C1. The molecule has 92 valence electrons. The molecule has 1 N–H and O–H groups in total. The Morgan fingerprint density at radius 2 is 2.00 bits per heavy atom. The lowest BCUT2D eigenvalue weighted by molar-refractivity contribution is -0.129. The molecule has 2 atom stereocenters. The van der Waals surface area contributed by atoms with Gasteiger partial charge in [0.05, 0.1) is 5.60 Å². The van der Waals surface area contributed by atoms with Gasteiger partial charge in [0.2, 0.25) is 0 Å². The minimum atomic E-state index is -0.518. The second-order valence-electron chi connectivity index (χ2n) is 6.03. The molecule has 0 aromatic heterocycles. The van der Waals surface area contributed by atoms with Gasteiger partial charge in [0.25, 0.3) is 0 Å². The van der Waals surface area contributed by atoms with Crippen molar-refractivity contribution < 1.29 is 9.90 Å². The Morgan fingerprint density at radius 1 is 1.31 bits per heavy atom. The van der Waals surface area contributed by atoms with E-state index in [1.54, 1.807) is 0 Å². The summed E-state index contributed by atoms with van der Waals surface area (Å²) in [6, 6.07) is 0. The zero-order valence-electron chi connectivity index (χ0n) is 10.4. The predicted octanol–water partition coefficient (Wildman–Crippen LogP) is 3.08. The van der Waals surface area contributed by atoms with Crippen LogP contribution in [0.15, 0.2) is 0 Å². The number of rotatable bonds is 2. The maximum absolute atomic E-state index is 11.8. The summed E-state index contributed by atoms with van der Waals surface area (Å²) >= 11 is 0. The zero-order valence-corrected chi connectivity index (χ0v) is 10.4. The van der Waals surface area contributed by atoms with Crippen molar-refractivity contribution in [1.82, 2.24) is 0 Å². The smallest absolute Gasteiger partial charge is 0.136 e. The molecule has 2 heteroatoms. The van der Waals surface area contributed by atoms with Crippen molar-refractivity contribution >= 4 is 5.78 Å². The number of hydrogen-bond donors (Lipinski definition) is 1. The van der Waals surface area contributed by atoms with E-state index in [-0.39, 0.29) is 5.92 Å². The third-order valence-electron chi connectivity index (χ3n) is 4.44. The lowest BCUT2D eigenvalue weighted by atomic mass is 9.72. The van der Waals surface area contributed by atoms with E-state index in [2.05, 4.69) is 6.92 Å². The lowest BCUT2D eigenvalue weighted by Crippen LogP contribution is -2.37. The van der Waals surface area contributed by atoms with E-state index in [4.69, 9.17) is 0 Å². The highest BCUT2D eigenvalue weighted by molar-refractivity contribution is 5.81. The normalized spacial score (nSPS) is 35.0. The van der Waals surface area contributed by atoms with E-state index in [9.17, 15) is 9.90 Å². The van der Waals surface area contributed by atoms with E-state index >= 15 is 0 Å². The van der Waals surface area contributed by atoms with Crippen LogP contribution in [0.25, 0.3) is 0 Å². The molecule has 2 saturated carbocycles. The minimum Gasteiger partial charge on any atom is -0.390 e. The number of Topliss-reactive ketones (excluding diaryl/α,β-unsaturated/α-hetero) is 1. The van der Waals surface area contributed by atoms with Crippen molar-refractivity contribution in [2.75, 3.05) is 0 Å². The predicted molar refractivity (Wildman–Crippen MR) is 64.2 cm³/mol. The van der Waals surface area contributed by atoms with Crippen LogP contribution in [0.3, 0.4) is 0 Å². The Morgan fingerprint density at radius 3 is 2.69 bits per heavy atom. The summed E-state index contributed by atoms with van der Waals surface area (Å²) in [5.74, 6) is 1.21. The molecular weight excluding hydrogens is 200 g/mol. The number of hydrogen-bond acceptors (Lipinski definition) is 2. The zero-order chi connectivity index (χ0) is 11.6. The van der Waals surface area contributed by atoms with Gasteiger partial charge in [-0.15, -0.1) is 0 Å². The van der Waals surface area contributed by atoms with Crippen LogP contribution < -0.4 is 0 Å². The average molecular weight is 224 g/mol. The number of aliphatic hydroxyl groups is 1. The molecule has 2 rings (SSSR count). The average Bonchev–Trinajstić information content (AvgIpc) is 2.24. The van der Waals surface area contributed by atoms with Gasteiger partial charge in [-0.25, -0.2) is 0 Å². The first kappa shape index (κ1) is 12.1. The van der Waals surface area contributed by atoms with Crippen LogP contribution in [0.2, 0.25) is 0 Å². The summed E-state index contributed by atoms with van der Waals surface area (Å²) in [5, 5.41) is 10.5. The Bertz CT molecular complexity index is 253. The number of carbonyl (C=O) groups excluding carboxylic acids is 1. The molecule has 0 bridgehead atoms. The third-order valence-corrected chi connectivity index (χ3v) is 4.44. The van der Waals surface area contributed by atoms with Gasteiger partial charge in [-0.1, -0.05) is 26.2 Å². The number of carbonyl (C=O) groups is 1. The van der Waals surface area contributed by atoms with Gasteiger partial charge in [0, 0.05) is 12.3 Å². The highest BCUT2D eigenvalue weighted by Crippen LogP contribution is 2.38. The van der Waals surface area contributed by atoms with Crippen molar-refractivity contribution in [2.45, 2.75) is 70.3 Å².